The minimum atomic E-state index is -0.335. The average molecular weight is 357 g/mol. The second-order valence-electron chi connectivity index (χ2n) is 5.55. The van der Waals surface area contributed by atoms with Crippen molar-refractivity contribution in [2.24, 2.45) is 0 Å². The van der Waals surface area contributed by atoms with Gasteiger partial charge in [0.25, 0.3) is 11.8 Å². The number of nitrogens with one attached hydrogen (secondary N) is 2. The van der Waals surface area contributed by atoms with Crippen molar-refractivity contribution in [1.82, 2.24) is 10.6 Å². The van der Waals surface area contributed by atoms with Crippen LogP contribution in [0.3, 0.4) is 0 Å². The minimum Gasteiger partial charge on any atom is -0.449 e. The summed E-state index contributed by atoms with van der Waals surface area (Å²) in [6.45, 7) is 2.43. The Kier molecular flexibility index (Phi) is 5.05. The van der Waals surface area contributed by atoms with E-state index in [1.807, 2.05) is 25.1 Å². The first-order valence-electron chi connectivity index (χ1n) is 7.87. The van der Waals surface area contributed by atoms with Gasteiger partial charge in [0.1, 0.15) is 0 Å². The fraction of sp³-hybridized carbons (Fsp3) is 0.158. The molecular formula is C19H17ClN2O3. The predicted molar refractivity (Wildman–Crippen MR) is 97.1 cm³/mol. The zero-order valence-corrected chi connectivity index (χ0v) is 14.4. The first kappa shape index (κ1) is 17.0. The molecule has 2 amide bonds. The molecule has 0 aliphatic heterocycles. The third-order valence-corrected chi connectivity index (χ3v) is 4.15. The van der Waals surface area contributed by atoms with Gasteiger partial charge in [0.2, 0.25) is 0 Å². The van der Waals surface area contributed by atoms with E-state index in [2.05, 4.69) is 10.6 Å². The lowest BCUT2D eigenvalue weighted by Crippen LogP contribution is -2.34. The number of carbonyl (C=O) groups is 2. The van der Waals surface area contributed by atoms with Gasteiger partial charge < -0.3 is 15.1 Å². The molecule has 0 spiro atoms. The first-order valence-corrected chi connectivity index (χ1v) is 8.25. The molecule has 3 aromatic rings. The summed E-state index contributed by atoms with van der Waals surface area (Å²) in [6.07, 6.45) is 0. The number of hydrogen-bond donors (Lipinski definition) is 2. The number of amides is 2. The van der Waals surface area contributed by atoms with Gasteiger partial charge in [-0.3, -0.25) is 9.59 Å². The summed E-state index contributed by atoms with van der Waals surface area (Å²) in [6, 6.07) is 14.3. The molecule has 2 aromatic carbocycles. The van der Waals surface area contributed by atoms with Gasteiger partial charge in [-0.25, -0.2) is 0 Å². The third-order valence-electron chi connectivity index (χ3n) is 3.85. The fourth-order valence-corrected chi connectivity index (χ4v) is 2.76. The molecule has 6 heteroatoms. The highest BCUT2D eigenvalue weighted by Crippen LogP contribution is 2.30. The van der Waals surface area contributed by atoms with Crippen molar-refractivity contribution in [1.29, 1.82) is 0 Å². The molecule has 0 fully saturated rings. The van der Waals surface area contributed by atoms with Crippen molar-refractivity contribution in [2.45, 2.75) is 6.92 Å². The zero-order chi connectivity index (χ0) is 17.8. The van der Waals surface area contributed by atoms with Crippen LogP contribution in [-0.2, 0) is 0 Å². The van der Waals surface area contributed by atoms with Crippen molar-refractivity contribution >= 4 is 34.4 Å². The maximum Gasteiger partial charge on any atom is 0.287 e. The Balaban J connectivity index is 1.57. The van der Waals surface area contributed by atoms with Crippen LogP contribution in [-0.4, -0.2) is 24.9 Å². The summed E-state index contributed by atoms with van der Waals surface area (Å²) in [4.78, 5) is 24.2. The molecule has 2 N–H and O–H groups in total. The van der Waals surface area contributed by atoms with Crippen LogP contribution in [0.15, 0.2) is 52.9 Å². The molecule has 0 saturated carbocycles. The summed E-state index contributed by atoms with van der Waals surface area (Å²) >= 11 is 6.09. The van der Waals surface area contributed by atoms with E-state index < -0.39 is 0 Å². The van der Waals surface area contributed by atoms with Gasteiger partial charge in [-0.1, -0.05) is 41.9 Å². The average Bonchev–Trinajstić information content (AvgIpc) is 2.97. The fourth-order valence-electron chi connectivity index (χ4n) is 2.55. The standard InChI is InChI=1S/C19H17ClN2O3/c1-12-14-8-5-9-15(20)17(14)25-16(12)19(24)22-11-10-21-18(23)13-6-3-2-4-7-13/h2-9H,10-11H2,1H3,(H,21,23)(H,22,24). The SMILES string of the molecule is Cc1c(C(=O)NCCNC(=O)c2ccccc2)oc2c(Cl)cccc12. The van der Waals surface area contributed by atoms with Crippen LogP contribution in [0.2, 0.25) is 5.02 Å². The lowest BCUT2D eigenvalue weighted by Gasteiger charge is -2.06. The molecule has 0 saturated heterocycles. The van der Waals surface area contributed by atoms with E-state index in [0.29, 0.717) is 29.3 Å². The summed E-state index contributed by atoms with van der Waals surface area (Å²) in [5.41, 5.74) is 1.82. The van der Waals surface area contributed by atoms with Gasteiger partial charge in [0.05, 0.1) is 5.02 Å². The van der Waals surface area contributed by atoms with Crippen LogP contribution in [0, 0.1) is 6.92 Å². The number of carbonyl (C=O) groups excluding carboxylic acids is 2. The molecule has 0 radical (unpaired) electrons. The first-order chi connectivity index (χ1) is 12.1. The largest absolute Gasteiger partial charge is 0.449 e. The van der Waals surface area contributed by atoms with Gasteiger partial charge in [-0.15, -0.1) is 0 Å². The molecule has 0 aliphatic carbocycles. The lowest BCUT2D eigenvalue weighted by molar-refractivity contribution is 0.0911. The Hall–Kier alpha value is -2.79. The van der Waals surface area contributed by atoms with Crippen molar-refractivity contribution in [3.8, 4) is 0 Å². The van der Waals surface area contributed by atoms with Gasteiger partial charge in [-0.05, 0) is 25.1 Å². The van der Waals surface area contributed by atoms with Crippen molar-refractivity contribution in [3.05, 3.63) is 70.4 Å². The Bertz CT molecular complexity index is 919. The number of para-hydroxylation sites is 1. The molecule has 0 atom stereocenters. The Morgan fingerprint density at radius 1 is 0.960 bits per heavy atom. The predicted octanol–water partition coefficient (Wildman–Crippen LogP) is 3.55. The summed E-state index contributed by atoms with van der Waals surface area (Å²) in [5, 5.41) is 6.77. The summed E-state index contributed by atoms with van der Waals surface area (Å²) in [5.74, 6) is -0.280. The molecule has 1 heterocycles. The molecule has 0 bridgehead atoms. The molecule has 128 valence electrons. The smallest absolute Gasteiger partial charge is 0.287 e. The van der Waals surface area contributed by atoms with Crippen LogP contribution in [0.5, 0.6) is 0 Å². The Morgan fingerprint density at radius 3 is 2.32 bits per heavy atom. The van der Waals surface area contributed by atoms with Crippen LogP contribution in [0.1, 0.15) is 26.5 Å². The van der Waals surface area contributed by atoms with Crippen molar-refractivity contribution in [2.75, 3.05) is 13.1 Å². The maximum absolute atomic E-state index is 12.3. The minimum absolute atomic E-state index is 0.179. The van der Waals surface area contributed by atoms with Crippen LogP contribution < -0.4 is 10.6 Å². The van der Waals surface area contributed by atoms with Gasteiger partial charge in [-0.2, -0.15) is 0 Å². The second kappa shape index (κ2) is 7.40. The van der Waals surface area contributed by atoms with E-state index >= 15 is 0 Å². The monoisotopic (exact) mass is 356 g/mol. The molecule has 1 aromatic heterocycles. The van der Waals surface area contributed by atoms with E-state index in [1.54, 1.807) is 30.3 Å². The quantitative estimate of drug-likeness (QED) is 0.687. The molecule has 5 nitrogen and oxygen atoms in total. The van der Waals surface area contributed by atoms with Crippen molar-refractivity contribution in [3.63, 3.8) is 0 Å². The highest BCUT2D eigenvalue weighted by atomic mass is 35.5. The number of fused-ring (bicyclic) bond motifs is 1. The topological polar surface area (TPSA) is 71.3 Å². The number of furan rings is 1. The second-order valence-corrected chi connectivity index (χ2v) is 5.96. The summed E-state index contributed by atoms with van der Waals surface area (Å²) < 4.78 is 5.61. The number of aryl methyl sites for hydroxylation is 1. The van der Waals surface area contributed by atoms with Gasteiger partial charge >= 0.3 is 0 Å². The number of hydrogen-bond acceptors (Lipinski definition) is 3. The van der Waals surface area contributed by atoms with Crippen LogP contribution >= 0.6 is 11.6 Å². The van der Waals surface area contributed by atoms with Crippen LogP contribution in [0.25, 0.3) is 11.0 Å². The van der Waals surface area contributed by atoms with Gasteiger partial charge in [0, 0.05) is 29.6 Å². The molecule has 0 aliphatic rings. The Morgan fingerprint density at radius 2 is 1.64 bits per heavy atom. The molecule has 0 unspecified atom stereocenters. The highest BCUT2D eigenvalue weighted by Gasteiger charge is 2.18. The maximum atomic E-state index is 12.3. The molecular weight excluding hydrogens is 340 g/mol. The lowest BCUT2D eigenvalue weighted by atomic mass is 10.1. The van der Waals surface area contributed by atoms with E-state index in [1.165, 1.54) is 0 Å². The highest BCUT2D eigenvalue weighted by molar-refractivity contribution is 6.35. The van der Waals surface area contributed by atoms with Crippen LogP contribution in [0.4, 0.5) is 0 Å². The van der Waals surface area contributed by atoms with E-state index in [9.17, 15) is 9.59 Å². The number of benzene rings is 2. The normalized spacial score (nSPS) is 10.6. The summed E-state index contributed by atoms with van der Waals surface area (Å²) in [7, 11) is 0. The Labute approximate surface area is 150 Å². The van der Waals surface area contributed by atoms with E-state index in [0.717, 1.165) is 10.9 Å². The molecule has 25 heavy (non-hydrogen) atoms. The van der Waals surface area contributed by atoms with E-state index in [-0.39, 0.29) is 17.6 Å². The van der Waals surface area contributed by atoms with Crippen molar-refractivity contribution < 1.29 is 14.0 Å². The third kappa shape index (κ3) is 3.67. The zero-order valence-electron chi connectivity index (χ0n) is 13.6. The van der Waals surface area contributed by atoms with E-state index in [4.69, 9.17) is 16.0 Å². The van der Waals surface area contributed by atoms with Gasteiger partial charge in [0.15, 0.2) is 11.3 Å². The number of halogens is 1. The molecule has 3 rings (SSSR count). The number of rotatable bonds is 5.